The molecule has 1 aromatic carbocycles. The van der Waals surface area contributed by atoms with E-state index in [9.17, 15) is 0 Å². The van der Waals surface area contributed by atoms with E-state index in [0.717, 1.165) is 0 Å². The molecule has 0 spiro atoms. The number of hydrogen-bond acceptors (Lipinski definition) is 4. The minimum atomic E-state index is 0.384. The van der Waals surface area contributed by atoms with Crippen LogP contribution in [0.2, 0.25) is 10.0 Å². The van der Waals surface area contributed by atoms with Crippen LogP contribution < -0.4 is 10.5 Å². The number of hydrogen-bond donors (Lipinski definition) is 1. The quantitative estimate of drug-likeness (QED) is 0.782. The summed E-state index contributed by atoms with van der Waals surface area (Å²) >= 11 is 15.5. The Kier molecular flexibility index (Phi) is 4.73. The number of nitrogens with two attached hydrogens (primary N) is 1. The predicted molar refractivity (Wildman–Crippen MR) is 84.8 cm³/mol. The largest absolute Gasteiger partial charge is 0.437 e. The van der Waals surface area contributed by atoms with Gasteiger partial charge in [0.15, 0.2) is 0 Å². The van der Waals surface area contributed by atoms with Crippen LogP contribution in [0.1, 0.15) is 18.3 Å². The Morgan fingerprint density at radius 2 is 1.95 bits per heavy atom. The van der Waals surface area contributed by atoms with E-state index < -0.39 is 0 Å². The maximum Gasteiger partial charge on any atom is 0.227 e. The molecule has 0 saturated heterocycles. The molecule has 106 valence electrons. The monoisotopic (exact) mass is 375 g/mol. The van der Waals surface area contributed by atoms with Crippen LogP contribution in [-0.4, -0.2) is 9.97 Å². The van der Waals surface area contributed by atoms with Gasteiger partial charge in [0.1, 0.15) is 17.4 Å². The lowest BCUT2D eigenvalue weighted by atomic mass is 10.3. The van der Waals surface area contributed by atoms with Crippen molar-refractivity contribution in [1.29, 1.82) is 0 Å². The van der Waals surface area contributed by atoms with Crippen molar-refractivity contribution in [3.63, 3.8) is 0 Å². The van der Waals surface area contributed by atoms with Crippen LogP contribution in [-0.2, 0) is 6.42 Å². The summed E-state index contributed by atoms with van der Waals surface area (Å²) in [6, 6.07) is 3.29. The summed E-state index contributed by atoms with van der Waals surface area (Å²) in [5, 5.41) is 0.927. The topological polar surface area (TPSA) is 61.0 Å². The third-order valence-electron chi connectivity index (χ3n) is 2.68. The van der Waals surface area contributed by atoms with Crippen molar-refractivity contribution in [3.8, 4) is 11.6 Å². The fourth-order valence-electron chi connectivity index (χ4n) is 1.50. The van der Waals surface area contributed by atoms with Gasteiger partial charge >= 0.3 is 0 Å². The van der Waals surface area contributed by atoms with E-state index in [-0.39, 0.29) is 0 Å². The number of nitrogens with zero attached hydrogens (tertiary/aromatic N) is 2. The number of nitrogen functional groups attached to an aromatic ring is 1. The average molecular weight is 377 g/mol. The highest BCUT2D eigenvalue weighted by atomic mass is 79.9. The second-order valence-electron chi connectivity index (χ2n) is 4.11. The van der Waals surface area contributed by atoms with Crippen molar-refractivity contribution in [1.82, 2.24) is 9.97 Å². The molecule has 0 atom stereocenters. The van der Waals surface area contributed by atoms with Gasteiger partial charge in [-0.25, -0.2) is 4.98 Å². The Bertz CT molecular complexity index is 665. The molecule has 0 saturated carbocycles. The number of benzene rings is 1. The van der Waals surface area contributed by atoms with Crippen molar-refractivity contribution in [3.05, 3.63) is 38.0 Å². The van der Waals surface area contributed by atoms with Crippen molar-refractivity contribution in [2.75, 3.05) is 5.73 Å². The summed E-state index contributed by atoms with van der Waals surface area (Å²) in [5.74, 6) is 1.81. The molecule has 0 aliphatic heterocycles. The molecule has 0 unspecified atom stereocenters. The van der Waals surface area contributed by atoms with Crippen LogP contribution in [0, 0.1) is 6.92 Å². The fraction of sp³-hybridized carbons (Fsp3) is 0.231. The molecule has 20 heavy (non-hydrogen) atoms. The Morgan fingerprint density at radius 3 is 2.60 bits per heavy atom. The highest BCUT2D eigenvalue weighted by molar-refractivity contribution is 9.10. The summed E-state index contributed by atoms with van der Waals surface area (Å²) in [6.45, 7) is 3.73. The maximum atomic E-state index is 6.13. The van der Waals surface area contributed by atoms with Gasteiger partial charge in [-0.2, -0.15) is 4.98 Å². The van der Waals surface area contributed by atoms with Crippen LogP contribution in [0.5, 0.6) is 11.6 Å². The Labute approximate surface area is 135 Å². The summed E-state index contributed by atoms with van der Waals surface area (Å²) in [5.41, 5.74) is 6.51. The van der Waals surface area contributed by atoms with Crippen LogP contribution in [0.15, 0.2) is 16.6 Å². The highest BCUT2D eigenvalue weighted by Crippen LogP contribution is 2.37. The minimum absolute atomic E-state index is 0.384. The van der Waals surface area contributed by atoms with E-state index in [2.05, 4.69) is 25.9 Å². The zero-order chi connectivity index (χ0) is 14.9. The van der Waals surface area contributed by atoms with E-state index in [1.54, 1.807) is 19.1 Å². The SMILES string of the molecule is CCc1nc(N)c(C)c(Oc2cc(Cl)c(Br)cc2Cl)n1. The predicted octanol–water partition coefficient (Wildman–Crippen LogP) is 4.79. The van der Waals surface area contributed by atoms with Gasteiger partial charge in [-0.05, 0) is 28.9 Å². The number of anilines is 1. The second kappa shape index (κ2) is 6.16. The molecule has 2 rings (SSSR count). The first-order chi connectivity index (χ1) is 9.42. The van der Waals surface area contributed by atoms with E-state index in [4.69, 9.17) is 33.7 Å². The molecule has 0 amide bonds. The molecular weight excluding hydrogens is 365 g/mol. The zero-order valence-corrected chi connectivity index (χ0v) is 14.0. The lowest BCUT2D eigenvalue weighted by molar-refractivity contribution is 0.455. The Balaban J connectivity index is 2.44. The Morgan fingerprint density at radius 1 is 1.25 bits per heavy atom. The number of halogens is 3. The van der Waals surface area contributed by atoms with Crippen LogP contribution in [0.4, 0.5) is 5.82 Å². The molecule has 0 radical (unpaired) electrons. The number of rotatable bonds is 3. The first-order valence-electron chi connectivity index (χ1n) is 5.87. The van der Waals surface area contributed by atoms with E-state index in [1.165, 1.54) is 0 Å². The maximum absolute atomic E-state index is 6.13. The van der Waals surface area contributed by atoms with Crippen molar-refractivity contribution in [2.24, 2.45) is 0 Å². The van der Waals surface area contributed by atoms with Gasteiger partial charge in [0.2, 0.25) is 5.88 Å². The van der Waals surface area contributed by atoms with Crippen LogP contribution in [0.25, 0.3) is 0 Å². The number of aromatic nitrogens is 2. The molecule has 7 heteroatoms. The molecule has 2 aromatic rings. The molecule has 1 heterocycles. The van der Waals surface area contributed by atoms with Gasteiger partial charge in [-0.15, -0.1) is 0 Å². The third kappa shape index (κ3) is 3.16. The fourth-order valence-corrected chi connectivity index (χ4v) is 2.33. The first kappa shape index (κ1) is 15.4. The Hall–Kier alpha value is -1.04. The second-order valence-corrected chi connectivity index (χ2v) is 5.78. The minimum Gasteiger partial charge on any atom is -0.437 e. The van der Waals surface area contributed by atoms with Gasteiger partial charge < -0.3 is 10.5 Å². The molecule has 1 aromatic heterocycles. The van der Waals surface area contributed by atoms with E-state index in [0.29, 0.717) is 49.8 Å². The molecule has 2 N–H and O–H groups in total. The molecular formula is C13H12BrCl2N3O. The summed E-state index contributed by atoms with van der Waals surface area (Å²) < 4.78 is 6.43. The lowest BCUT2D eigenvalue weighted by Crippen LogP contribution is -2.04. The standard InChI is InChI=1S/C13H12BrCl2N3O/c1-3-11-18-12(17)6(2)13(19-11)20-10-5-8(15)7(14)4-9(10)16/h4-5H,3H2,1-2H3,(H2,17,18,19). The highest BCUT2D eigenvalue weighted by Gasteiger charge is 2.13. The third-order valence-corrected chi connectivity index (χ3v) is 4.18. The summed E-state index contributed by atoms with van der Waals surface area (Å²) in [7, 11) is 0. The van der Waals surface area contributed by atoms with Gasteiger partial charge in [0.05, 0.1) is 15.6 Å². The molecule has 0 fully saturated rings. The zero-order valence-electron chi connectivity index (χ0n) is 10.9. The van der Waals surface area contributed by atoms with Crippen LogP contribution >= 0.6 is 39.1 Å². The molecule has 0 bridgehead atoms. The van der Waals surface area contributed by atoms with Crippen LogP contribution in [0.3, 0.4) is 0 Å². The molecule has 4 nitrogen and oxygen atoms in total. The number of ether oxygens (including phenoxy) is 1. The van der Waals surface area contributed by atoms with E-state index >= 15 is 0 Å². The molecule has 0 aliphatic carbocycles. The summed E-state index contributed by atoms with van der Waals surface area (Å²) in [4.78, 5) is 8.48. The first-order valence-corrected chi connectivity index (χ1v) is 7.42. The summed E-state index contributed by atoms with van der Waals surface area (Å²) in [6.07, 6.45) is 0.662. The van der Waals surface area contributed by atoms with Crippen molar-refractivity contribution in [2.45, 2.75) is 20.3 Å². The smallest absolute Gasteiger partial charge is 0.227 e. The van der Waals surface area contributed by atoms with Gasteiger partial charge in [-0.3, -0.25) is 0 Å². The van der Waals surface area contributed by atoms with E-state index in [1.807, 2.05) is 6.92 Å². The normalized spacial score (nSPS) is 10.7. The van der Waals surface area contributed by atoms with Gasteiger partial charge in [0, 0.05) is 17.0 Å². The van der Waals surface area contributed by atoms with Gasteiger partial charge in [0.25, 0.3) is 0 Å². The van der Waals surface area contributed by atoms with Crippen molar-refractivity contribution < 1.29 is 4.74 Å². The lowest BCUT2D eigenvalue weighted by Gasteiger charge is -2.12. The number of aryl methyl sites for hydroxylation is 1. The molecule has 0 aliphatic rings. The van der Waals surface area contributed by atoms with Gasteiger partial charge in [-0.1, -0.05) is 30.1 Å². The van der Waals surface area contributed by atoms with Crippen molar-refractivity contribution >= 4 is 44.9 Å². The average Bonchev–Trinajstić information content (AvgIpc) is 2.40.